The van der Waals surface area contributed by atoms with Crippen molar-refractivity contribution in [1.82, 2.24) is 9.80 Å². The van der Waals surface area contributed by atoms with Crippen molar-refractivity contribution < 1.29 is 13.9 Å². The maximum absolute atomic E-state index is 13.6. The van der Waals surface area contributed by atoms with E-state index in [1.165, 1.54) is 12.1 Å². The zero-order valence-corrected chi connectivity index (χ0v) is 12.0. The molecule has 0 radical (unpaired) electrons. The van der Waals surface area contributed by atoms with E-state index in [9.17, 15) is 13.9 Å². The third-order valence-electron chi connectivity index (χ3n) is 3.96. The van der Waals surface area contributed by atoms with Crippen LogP contribution in [0.3, 0.4) is 0 Å². The summed E-state index contributed by atoms with van der Waals surface area (Å²) >= 11 is 0. The number of rotatable bonds is 4. The molecule has 2 rings (SSSR count). The summed E-state index contributed by atoms with van der Waals surface area (Å²) in [5.74, 6) is -1.30. The van der Waals surface area contributed by atoms with Crippen LogP contribution in [-0.2, 0) is 0 Å². The van der Waals surface area contributed by atoms with Gasteiger partial charge in [-0.2, -0.15) is 0 Å². The summed E-state index contributed by atoms with van der Waals surface area (Å²) in [6.07, 6.45) is 1.29. The summed E-state index contributed by atoms with van der Waals surface area (Å²) in [6, 6.07) is 3.79. The van der Waals surface area contributed by atoms with Crippen molar-refractivity contribution >= 4 is 0 Å². The van der Waals surface area contributed by atoms with E-state index in [1.807, 2.05) is 14.1 Å². The lowest BCUT2D eigenvalue weighted by molar-refractivity contribution is 0.0704. The Bertz CT molecular complexity index is 453. The number of piperidine rings is 1. The van der Waals surface area contributed by atoms with Crippen LogP contribution in [-0.4, -0.2) is 54.7 Å². The fraction of sp³-hybridized carbons (Fsp3) is 0.600. The van der Waals surface area contributed by atoms with Crippen LogP contribution in [0.2, 0.25) is 0 Å². The van der Waals surface area contributed by atoms with Crippen LogP contribution in [0.15, 0.2) is 18.2 Å². The second-order valence-electron chi connectivity index (χ2n) is 5.70. The van der Waals surface area contributed by atoms with Crippen molar-refractivity contribution in [3.05, 3.63) is 35.4 Å². The summed E-state index contributed by atoms with van der Waals surface area (Å²) in [5, 5.41) is 10.2. The summed E-state index contributed by atoms with van der Waals surface area (Å²) in [4.78, 5) is 4.32. The second kappa shape index (κ2) is 6.61. The zero-order valence-electron chi connectivity index (χ0n) is 12.0. The molecule has 0 amide bonds. The van der Waals surface area contributed by atoms with E-state index in [4.69, 9.17) is 0 Å². The first-order valence-electron chi connectivity index (χ1n) is 6.99. The Morgan fingerprint density at radius 2 is 2.15 bits per heavy atom. The fourth-order valence-electron chi connectivity index (χ4n) is 2.73. The molecule has 0 aliphatic carbocycles. The highest BCUT2D eigenvalue weighted by Gasteiger charge is 2.24. The van der Waals surface area contributed by atoms with Gasteiger partial charge in [0, 0.05) is 30.8 Å². The molecule has 1 aliphatic heterocycles. The lowest BCUT2D eigenvalue weighted by Gasteiger charge is -2.37. The molecule has 0 spiro atoms. The average molecular weight is 284 g/mol. The third-order valence-corrected chi connectivity index (χ3v) is 3.96. The van der Waals surface area contributed by atoms with Gasteiger partial charge in [-0.05, 0) is 39.5 Å². The molecule has 3 nitrogen and oxygen atoms in total. The molecule has 1 aliphatic rings. The highest BCUT2D eigenvalue weighted by Crippen LogP contribution is 2.21. The molecule has 1 aromatic rings. The average Bonchev–Trinajstić information content (AvgIpc) is 2.38. The molecular formula is C15H22F2N2O. The first-order valence-corrected chi connectivity index (χ1v) is 6.99. The van der Waals surface area contributed by atoms with E-state index >= 15 is 0 Å². The van der Waals surface area contributed by atoms with Gasteiger partial charge in [-0.3, -0.25) is 4.90 Å². The maximum Gasteiger partial charge on any atom is 0.131 e. The van der Waals surface area contributed by atoms with E-state index in [1.54, 1.807) is 0 Å². The Morgan fingerprint density at radius 1 is 1.40 bits per heavy atom. The first kappa shape index (κ1) is 15.4. The number of aliphatic hydroxyl groups is 1. The molecule has 0 saturated carbocycles. The Hall–Kier alpha value is -1.04. The number of β-amino-alcohol motifs (C(OH)–C–C–N with tert-alkyl or cyclic N) is 1. The maximum atomic E-state index is 13.6. The molecule has 1 aromatic carbocycles. The molecule has 112 valence electrons. The summed E-state index contributed by atoms with van der Waals surface area (Å²) < 4.78 is 26.5. The number of likely N-dealkylation sites (N-methyl/N-ethyl adjacent to an activating group) is 1. The van der Waals surface area contributed by atoms with Gasteiger partial charge in [-0.1, -0.05) is 6.07 Å². The predicted octanol–water partition coefficient (Wildman–Crippen LogP) is 2.02. The Morgan fingerprint density at radius 3 is 2.80 bits per heavy atom. The topological polar surface area (TPSA) is 26.7 Å². The van der Waals surface area contributed by atoms with Crippen LogP contribution in [0.25, 0.3) is 0 Å². The van der Waals surface area contributed by atoms with E-state index in [0.717, 1.165) is 32.0 Å². The van der Waals surface area contributed by atoms with Crippen molar-refractivity contribution in [2.24, 2.45) is 0 Å². The smallest absolute Gasteiger partial charge is 0.131 e. The Kier molecular flexibility index (Phi) is 5.07. The number of benzene rings is 1. The molecule has 1 saturated heterocycles. The first-order chi connectivity index (χ1) is 9.47. The molecule has 5 heteroatoms. The minimum Gasteiger partial charge on any atom is -0.387 e. The standard InChI is InChI=1S/C15H22F2N2O/c1-18(2)12-4-3-7-19(9-12)10-15(20)13-6-5-11(16)8-14(13)17/h5-6,8,12,15,20H,3-4,7,9-10H2,1-2H3. The predicted molar refractivity (Wildman–Crippen MR) is 74.5 cm³/mol. The highest BCUT2D eigenvalue weighted by atomic mass is 19.1. The number of halogens is 2. The van der Waals surface area contributed by atoms with Crippen molar-refractivity contribution in [1.29, 1.82) is 0 Å². The molecule has 20 heavy (non-hydrogen) atoms. The van der Waals surface area contributed by atoms with Gasteiger partial charge >= 0.3 is 0 Å². The number of aliphatic hydroxyl groups excluding tert-OH is 1. The molecule has 1 N–H and O–H groups in total. The van der Waals surface area contributed by atoms with Gasteiger partial charge in [0.15, 0.2) is 0 Å². The fourth-order valence-corrected chi connectivity index (χ4v) is 2.73. The van der Waals surface area contributed by atoms with Crippen molar-refractivity contribution in [3.8, 4) is 0 Å². The van der Waals surface area contributed by atoms with Gasteiger partial charge in [0.1, 0.15) is 11.6 Å². The number of nitrogens with zero attached hydrogens (tertiary/aromatic N) is 2. The van der Waals surface area contributed by atoms with Crippen molar-refractivity contribution in [3.63, 3.8) is 0 Å². The molecular weight excluding hydrogens is 262 g/mol. The van der Waals surface area contributed by atoms with E-state index < -0.39 is 17.7 Å². The van der Waals surface area contributed by atoms with Crippen molar-refractivity contribution in [2.75, 3.05) is 33.7 Å². The lowest BCUT2D eigenvalue weighted by atomic mass is 10.0. The summed E-state index contributed by atoms with van der Waals surface area (Å²) in [6.45, 7) is 2.16. The largest absolute Gasteiger partial charge is 0.387 e. The monoisotopic (exact) mass is 284 g/mol. The molecule has 1 fully saturated rings. The minimum absolute atomic E-state index is 0.165. The van der Waals surface area contributed by atoms with Crippen LogP contribution in [0.5, 0.6) is 0 Å². The summed E-state index contributed by atoms with van der Waals surface area (Å²) in [7, 11) is 4.09. The molecule has 0 bridgehead atoms. The number of hydrogen-bond acceptors (Lipinski definition) is 3. The van der Waals surface area contributed by atoms with E-state index in [2.05, 4.69) is 9.80 Å². The van der Waals surface area contributed by atoms with Gasteiger partial charge < -0.3 is 10.0 Å². The minimum atomic E-state index is -0.920. The Labute approximate surface area is 118 Å². The lowest BCUT2D eigenvalue weighted by Crippen LogP contribution is -2.46. The van der Waals surface area contributed by atoms with Crippen molar-refractivity contribution in [2.45, 2.75) is 25.0 Å². The Balaban J connectivity index is 1.98. The molecule has 1 heterocycles. The van der Waals surface area contributed by atoms with Gasteiger partial charge in [0.2, 0.25) is 0 Å². The third kappa shape index (κ3) is 3.75. The van der Waals surface area contributed by atoms with Crippen LogP contribution in [0, 0.1) is 11.6 Å². The normalized spacial score (nSPS) is 22.2. The second-order valence-corrected chi connectivity index (χ2v) is 5.70. The van der Waals surface area contributed by atoms with Gasteiger partial charge in [0.25, 0.3) is 0 Å². The van der Waals surface area contributed by atoms with E-state index in [-0.39, 0.29) is 5.56 Å². The summed E-state index contributed by atoms with van der Waals surface area (Å²) in [5.41, 5.74) is 0.165. The van der Waals surface area contributed by atoms with Crippen LogP contribution in [0.1, 0.15) is 24.5 Å². The van der Waals surface area contributed by atoms with Crippen LogP contribution < -0.4 is 0 Å². The van der Waals surface area contributed by atoms with Crippen LogP contribution in [0.4, 0.5) is 8.78 Å². The van der Waals surface area contributed by atoms with Gasteiger partial charge in [0.05, 0.1) is 6.10 Å². The molecule has 0 aromatic heterocycles. The zero-order chi connectivity index (χ0) is 14.7. The quantitative estimate of drug-likeness (QED) is 0.916. The van der Waals surface area contributed by atoms with Gasteiger partial charge in [-0.25, -0.2) is 8.78 Å². The van der Waals surface area contributed by atoms with Gasteiger partial charge in [-0.15, -0.1) is 0 Å². The number of likely N-dealkylation sites (tertiary alicyclic amines) is 1. The highest BCUT2D eigenvalue weighted by molar-refractivity contribution is 5.21. The molecule has 2 unspecified atom stereocenters. The number of hydrogen-bond donors (Lipinski definition) is 1. The van der Waals surface area contributed by atoms with E-state index in [0.29, 0.717) is 12.6 Å². The van der Waals surface area contributed by atoms with Crippen LogP contribution >= 0.6 is 0 Å². The molecule has 2 atom stereocenters. The SMILES string of the molecule is CN(C)C1CCCN(CC(O)c2ccc(F)cc2F)C1.